The molecule has 4 nitrogen and oxygen atoms in total. The summed E-state index contributed by atoms with van der Waals surface area (Å²) in [5, 5.41) is 13.7. The Morgan fingerprint density at radius 3 is 2.82 bits per heavy atom. The fourth-order valence-electron chi connectivity index (χ4n) is 9.89. The topological polar surface area (TPSA) is 42.4 Å². The zero-order chi connectivity index (χ0) is 26.0. The number of ether oxygens (including phenoxy) is 1. The van der Waals surface area contributed by atoms with E-state index in [9.17, 15) is 14.0 Å². The Labute approximate surface area is 222 Å². The van der Waals surface area contributed by atoms with Crippen LogP contribution in [0.15, 0.2) is 60.0 Å². The van der Waals surface area contributed by atoms with Crippen LogP contribution in [0.25, 0.3) is 10.8 Å². The zero-order valence-electron chi connectivity index (χ0n) is 22.1. The Bertz CT molecular complexity index is 1400. The van der Waals surface area contributed by atoms with E-state index in [-0.39, 0.29) is 30.0 Å². The van der Waals surface area contributed by atoms with Gasteiger partial charge in [0.05, 0.1) is 17.6 Å². The molecule has 6 aliphatic rings. The molecule has 7 atom stereocenters. The van der Waals surface area contributed by atoms with Crippen molar-refractivity contribution in [1.82, 2.24) is 4.98 Å². The standard InChI is InChI=1S/C32H37F2N2O2/c1-29-10-8-25-17-24-4-5-26(36(37)15-13-31(33,34)20-36)18-30(24)11-12-32(25,38-30)28(29)7-6-27(29)22-3-2-21-9-14-35-19-23(21)16-22/h2-3,8-9,14,16-17,19,26-28,37H,4-7,10-13,15,18,20H2,1H3/q+1. The van der Waals surface area contributed by atoms with Crippen LogP contribution in [0.5, 0.6) is 0 Å². The number of hydrogen-bond acceptors (Lipinski definition) is 3. The summed E-state index contributed by atoms with van der Waals surface area (Å²) in [6.07, 6.45) is 16.0. The average Bonchev–Trinajstić information content (AvgIpc) is 3.52. The zero-order valence-corrected chi connectivity index (χ0v) is 22.1. The normalized spacial score (nSPS) is 44.8. The first-order valence-electron chi connectivity index (χ1n) is 14.6. The second kappa shape index (κ2) is 7.52. The molecule has 3 aliphatic carbocycles. The van der Waals surface area contributed by atoms with Gasteiger partial charge in [0.2, 0.25) is 0 Å². The first-order valence-corrected chi connectivity index (χ1v) is 14.6. The number of likely N-dealkylation sites (tertiary alicyclic amines) is 1. The van der Waals surface area contributed by atoms with Gasteiger partial charge in [0.1, 0.15) is 12.6 Å². The fourth-order valence-corrected chi connectivity index (χ4v) is 9.89. The minimum atomic E-state index is -2.77. The van der Waals surface area contributed by atoms with Crippen molar-refractivity contribution in [3.63, 3.8) is 0 Å². The van der Waals surface area contributed by atoms with Crippen molar-refractivity contribution in [1.29, 1.82) is 0 Å². The molecule has 0 amide bonds. The van der Waals surface area contributed by atoms with Crippen LogP contribution in [0, 0.1) is 11.3 Å². The predicted molar refractivity (Wildman–Crippen MR) is 141 cm³/mol. The lowest BCUT2D eigenvalue weighted by Crippen LogP contribution is -2.59. The van der Waals surface area contributed by atoms with Crippen molar-refractivity contribution >= 4 is 10.8 Å². The third kappa shape index (κ3) is 3.08. The van der Waals surface area contributed by atoms with Gasteiger partial charge in [-0.05, 0) is 90.0 Å². The molecule has 2 spiro atoms. The molecule has 4 fully saturated rings. The van der Waals surface area contributed by atoms with Crippen LogP contribution in [0.2, 0.25) is 0 Å². The van der Waals surface area contributed by atoms with E-state index in [1.807, 2.05) is 12.4 Å². The highest BCUT2D eigenvalue weighted by Gasteiger charge is 2.68. The van der Waals surface area contributed by atoms with Crippen molar-refractivity contribution in [2.75, 3.05) is 13.1 Å². The van der Waals surface area contributed by atoms with Gasteiger partial charge >= 0.3 is 5.92 Å². The van der Waals surface area contributed by atoms with Crippen LogP contribution >= 0.6 is 0 Å². The second-order valence-electron chi connectivity index (χ2n) is 13.6. The number of fused-ring (bicyclic) bond motifs is 2. The minimum Gasteiger partial charge on any atom is -0.359 e. The molecule has 4 heterocycles. The lowest BCUT2D eigenvalue weighted by Gasteiger charge is -2.55. The lowest BCUT2D eigenvalue weighted by atomic mass is 9.58. The van der Waals surface area contributed by atoms with Gasteiger partial charge in [-0.25, -0.2) is 5.21 Å². The van der Waals surface area contributed by atoms with E-state index < -0.39 is 22.7 Å². The van der Waals surface area contributed by atoms with Crippen LogP contribution < -0.4 is 0 Å². The number of rotatable bonds is 2. The Morgan fingerprint density at radius 1 is 1.08 bits per heavy atom. The third-order valence-corrected chi connectivity index (χ3v) is 11.8. The molecule has 200 valence electrons. The van der Waals surface area contributed by atoms with E-state index in [0.29, 0.717) is 18.3 Å². The van der Waals surface area contributed by atoms with Gasteiger partial charge in [0, 0.05) is 30.6 Å². The molecule has 1 N–H and O–H groups in total. The van der Waals surface area contributed by atoms with Gasteiger partial charge in [-0.15, -0.1) is 0 Å². The molecule has 8 rings (SSSR count). The van der Waals surface area contributed by atoms with Gasteiger partial charge < -0.3 is 4.74 Å². The van der Waals surface area contributed by atoms with Crippen molar-refractivity contribution in [3.05, 3.63) is 65.5 Å². The molecular formula is C32H37F2N2O2+. The smallest absolute Gasteiger partial charge is 0.304 e. The van der Waals surface area contributed by atoms with Crippen LogP contribution in [0.3, 0.4) is 0 Å². The van der Waals surface area contributed by atoms with Crippen LogP contribution in [-0.2, 0) is 4.74 Å². The van der Waals surface area contributed by atoms with Crippen LogP contribution in [0.4, 0.5) is 8.78 Å². The number of pyridine rings is 1. The van der Waals surface area contributed by atoms with E-state index in [2.05, 4.69) is 48.3 Å². The number of hydrogen-bond donors (Lipinski definition) is 1. The van der Waals surface area contributed by atoms with Gasteiger partial charge in [-0.1, -0.05) is 31.2 Å². The van der Waals surface area contributed by atoms with E-state index in [1.54, 1.807) is 0 Å². The molecule has 7 unspecified atom stereocenters. The Balaban J connectivity index is 1.13. The summed E-state index contributed by atoms with van der Waals surface area (Å²) >= 11 is 0. The molecular weight excluding hydrogens is 482 g/mol. The number of hydroxylamine groups is 3. The Hall–Kier alpha value is -2.15. The van der Waals surface area contributed by atoms with Crippen molar-refractivity contribution < 1.29 is 23.4 Å². The number of benzene rings is 1. The van der Waals surface area contributed by atoms with E-state index >= 15 is 0 Å². The highest BCUT2D eigenvalue weighted by Crippen LogP contribution is 2.69. The molecule has 1 aromatic heterocycles. The van der Waals surface area contributed by atoms with Crippen molar-refractivity contribution in [3.8, 4) is 0 Å². The summed E-state index contributed by atoms with van der Waals surface area (Å²) in [4.78, 5) is 4.35. The summed E-state index contributed by atoms with van der Waals surface area (Å²) in [5.41, 5.74) is 3.52. The molecule has 2 bridgehead atoms. The second-order valence-corrected chi connectivity index (χ2v) is 13.6. The molecule has 2 aromatic rings. The largest absolute Gasteiger partial charge is 0.359 e. The number of allylic oxidation sites excluding steroid dienone is 1. The number of nitrogens with zero attached hydrogens (tertiary/aromatic N) is 2. The summed E-state index contributed by atoms with van der Waals surface area (Å²) in [5.74, 6) is -1.88. The minimum absolute atomic E-state index is 0.103. The number of aromatic nitrogens is 1. The third-order valence-electron chi connectivity index (χ3n) is 11.8. The molecule has 1 aromatic carbocycles. The highest BCUT2D eigenvalue weighted by atomic mass is 19.3. The molecule has 3 aliphatic heterocycles. The quantitative estimate of drug-likeness (QED) is 0.431. The Kier molecular flexibility index (Phi) is 4.70. The average molecular weight is 520 g/mol. The first-order chi connectivity index (χ1) is 18.1. The molecule has 2 saturated heterocycles. The van der Waals surface area contributed by atoms with Gasteiger partial charge in [0.25, 0.3) is 0 Å². The summed E-state index contributed by atoms with van der Waals surface area (Å²) in [6, 6.07) is 8.78. The lowest BCUT2D eigenvalue weighted by molar-refractivity contribution is -1.11. The maximum absolute atomic E-state index is 14.2. The number of alkyl halides is 2. The summed E-state index contributed by atoms with van der Waals surface area (Å²) in [6.45, 7) is 2.17. The maximum atomic E-state index is 14.2. The van der Waals surface area contributed by atoms with Crippen molar-refractivity contribution in [2.24, 2.45) is 11.3 Å². The molecule has 0 radical (unpaired) electrons. The van der Waals surface area contributed by atoms with Crippen LogP contribution in [0.1, 0.15) is 76.2 Å². The maximum Gasteiger partial charge on any atom is 0.304 e. The highest BCUT2D eigenvalue weighted by molar-refractivity contribution is 5.82. The van der Waals surface area contributed by atoms with E-state index in [1.165, 1.54) is 27.5 Å². The molecule has 6 heteroatoms. The number of halogens is 2. The monoisotopic (exact) mass is 519 g/mol. The Morgan fingerprint density at radius 2 is 1.97 bits per heavy atom. The van der Waals surface area contributed by atoms with Gasteiger partial charge in [0.15, 0.2) is 6.54 Å². The number of quaternary nitrogens is 1. The SMILES string of the molecule is CC12CC=C3C=C4CCC([N+]5(O)CCC(F)(F)C5)CC45CCC3(O5)C1CCC2c1ccc2ccncc2c1. The van der Waals surface area contributed by atoms with E-state index in [4.69, 9.17) is 4.74 Å². The summed E-state index contributed by atoms with van der Waals surface area (Å²) in [7, 11) is 0. The van der Waals surface area contributed by atoms with Crippen molar-refractivity contribution in [2.45, 2.75) is 93.8 Å². The first kappa shape index (κ1) is 23.7. The van der Waals surface area contributed by atoms with E-state index in [0.717, 1.165) is 44.9 Å². The fraction of sp³-hybridized carbons (Fsp3) is 0.594. The predicted octanol–water partition coefficient (Wildman–Crippen LogP) is 7.09. The molecule has 38 heavy (non-hydrogen) atoms. The molecule has 2 saturated carbocycles. The van der Waals surface area contributed by atoms with Crippen LogP contribution in [-0.4, -0.2) is 51.1 Å². The summed E-state index contributed by atoms with van der Waals surface area (Å²) < 4.78 is 35.2. The van der Waals surface area contributed by atoms with Gasteiger partial charge in [-0.2, -0.15) is 13.4 Å². The van der Waals surface area contributed by atoms with Gasteiger partial charge in [-0.3, -0.25) is 4.98 Å².